The van der Waals surface area contributed by atoms with Gasteiger partial charge in [-0.2, -0.15) is 20.0 Å². The summed E-state index contributed by atoms with van der Waals surface area (Å²) in [5.74, 6) is 0.518. The van der Waals surface area contributed by atoms with Crippen molar-refractivity contribution in [3.63, 3.8) is 0 Å². The minimum absolute atomic E-state index is 0.0545. The molecule has 0 bridgehead atoms. The molecule has 13 heteroatoms. The Kier molecular flexibility index (Phi) is 6.17. The van der Waals surface area contributed by atoms with E-state index in [9.17, 15) is 20.4 Å². The number of imidazole rings is 1. The van der Waals surface area contributed by atoms with Crippen LogP contribution < -0.4 is 15.5 Å². The van der Waals surface area contributed by atoms with Crippen LogP contribution in [-0.2, 0) is 4.79 Å². The van der Waals surface area contributed by atoms with E-state index in [2.05, 4.69) is 42.7 Å². The number of aliphatic hydroxyl groups excluding tert-OH is 1. The molecule has 2 saturated heterocycles. The smallest absolute Gasteiger partial charge is 0.251 e. The van der Waals surface area contributed by atoms with E-state index in [1.54, 1.807) is 17.0 Å². The second-order valence-corrected chi connectivity index (χ2v) is 11.0. The van der Waals surface area contributed by atoms with Crippen molar-refractivity contribution in [2.75, 3.05) is 41.7 Å². The fourth-order valence-electron chi connectivity index (χ4n) is 5.37. The van der Waals surface area contributed by atoms with E-state index in [0.29, 0.717) is 46.9 Å². The third-order valence-corrected chi connectivity index (χ3v) is 8.11. The fourth-order valence-corrected chi connectivity index (χ4v) is 5.64. The molecule has 3 aliphatic rings. The number of piperidine rings is 1. The topological polar surface area (TPSA) is 158 Å². The molecule has 3 N–H and O–H groups in total. The molecule has 3 fully saturated rings. The number of fused-ring (bicyclic) bond motifs is 1. The molecule has 2 aromatic heterocycles. The average Bonchev–Trinajstić information content (AvgIpc) is 3.63. The van der Waals surface area contributed by atoms with E-state index < -0.39 is 6.10 Å². The van der Waals surface area contributed by atoms with Crippen LogP contribution in [0.1, 0.15) is 43.9 Å². The van der Waals surface area contributed by atoms with Crippen LogP contribution in [0.25, 0.3) is 5.65 Å². The summed E-state index contributed by atoms with van der Waals surface area (Å²) in [6.07, 6.45) is 4.30. The van der Waals surface area contributed by atoms with Gasteiger partial charge < -0.3 is 25.5 Å². The minimum Gasteiger partial charge on any atom is -0.384 e. The van der Waals surface area contributed by atoms with Gasteiger partial charge in [0, 0.05) is 37.6 Å². The zero-order valence-corrected chi connectivity index (χ0v) is 22.1. The Morgan fingerprint density at radius 2 is 1.97 bits per heavy atom. The molecular weight excluding hydrogens is 520 g/mol. The van der Waals surface area contributed by atoms with Crippen LogP contribution in [0.3, 0.4) is 0 Å². The van der Waals surface area contributed by atoms with Gasteiger partial charge in [0.15, 0.2) is 17.2 Å². The van der Waals surface area contributed by atoms with Gasteiger partial charge in [-0.3, -0.25) is 4.79 Å². The van der Waals surface area contributed by atoms with E-state index in [-0.39, 0.29) is 23.0 Å². The predicted molar refractivity (Wildman–Crippen MR) is 144 cm³/mol. The van der Waals surface area contributed by atoms with Gasteiger partial charge in [-0.05, 0) is 44.7 Å². The molecule has 12 nitrogen and oxygen atoms in total. The SMILES string of the molecule is CC(O)C(=O)N1CC2(CCN(c3cc(C#N)cc(Nc4nc(NC5CC5)c5ncc(C#N)n5n4)c3Cl)CC2)C1. The predicted octanol–water partition coefficient (Wildman–Crippen LogP) is 2.65. The van der Waals surface area contributed by atoms with Gasteiger partial charge in [0.25, 0.3) is 5.91 Å². The van der Waals surface area contributed by atoms with Crippen LogP contribution in [0.5, 0.6) is 0 Å². The first-order valence-corrected chi connectivity index (χ1v) is 13.3. The van der Waals surface area contributed by atoms with Gasteiger partial charge in [0.1, 0.15) is 12.2 Å². The summed E-state index contributed by atoms with van der Waals surface area (Å²) < 4.78 is 1.44. The van der Waals surface area contributed by atoms with Crippen LogP contribution in [0, 0.1) is 28.1 Å². The van der Waals surface area contributed by atoms with Crippen molar-refractivity contribution in [2.45, 2.75) is 44.8 Å². The number of nitriles is 2. The zero-order valence-electron chi connectivity index (χ0n) is 21.4. The van der Waals surface area contributed by atoms with Gasteiger partial charge in [-0.15, -0.1) is 5.10 Å². The van der Waals surface area contributed by atoms with E-state index in [1.165, 1.54) is 17.6 Å². The molecule has 4 heterocycles. The molecule has 39 heavy (non-hydrogen) atoms. The maximum Gasteiger partial charge on any atom is 0.251 e. The standard InChI is InChI=1S/C26H27ClN10O2/c1-15(38)24(39)36-13-26(14-36)4-6-35(7-5-26)20-9-16(10-28)8-19(21(20)27)32-25-33-22(31-17-2-3-17)23-30-12-18(11-29)37(23)34-25/h8-9,12,15,17,38H,2-7,13-14H2,1H3,(H2,31,32,33,34). The Bertz CT molecular complexity index is 1530. The Morgan fingerprint density at radius 1 is 1.23 bits per heavy atom. The van der Waals surface area contributed by atoms with E-state index in [1.807, 2.05) is 0 Å². The summed E-state index contributed by atoms with van der Waals surface area (Å²) >= 11 is 6.89. The Morgan fingerprint density at radius 3 is 2.62 bits per heavy atom. The largest absolute Gasteiger partial charge is 0.384 e. The van der Waals surface area contributed by atoms with Crippen molar-refractivity contribution in [3.05, 3.63) is 34.6 Å². The molecule has 1 spiro atoms. The minimum atomic E-state index is -0.980. The maximum atomic E-state index is 12.1. The molecule has 0 radical (unpaired) electrons. The highest BCUT2D eigenvalue weighted by molar-refractivity contribution is 6.36. The number of nitrogens with zero attached hydrogens (tertiary/aromatic N) is 8. The second-order valence-electron chi connectivity index (χ2n) is 10.6. The number of aromatic nitrogens is 4. The summed E-state index contributed by atoms with van der Waals surface area (Å²) in [7, 11) is 0. The molecule has 1 atom stereocenters. The van der Waals surface area contributed by atoms with Crippen LogP contribution in [0.15, 0.2) is 18.3 Å². The summed E-state index contributed by atoms with van der Waals surface area (Å²) in [6, 6.07) is 8.05. The monoisotopic (exact) mass is 546 g/mol. The number of carbonyl (C=O) groups is 1. The molecule has 3 aromatic rings. The zero-order chi connectivity index (χ0) is 27.3. The molecule has 1 saturated carbocycles. The lowest BCUT2D eigenvalue weighted by atomic mass is 9.71. The van der Waals surface area contributed by atoms with Crippen molar-refractivity contribution >= 4 is 46.3 Å². The van der Waals surface area contributed by atoms with Crippen molar-refractivity contribution < 1.29 is 9.90 Å². The van der Waals surface area contributed by atoms with Crippen molar-refractivity contribution in [2.24, 2.45) is 5.41 Å². The number of likely N-dealkylation sites (tertiary alicyclic amines) is 1. The average molecular weight is 547 g/mol. The van der Waals surface area contributed by atoms with Crippen LogP contribution >= 0.6 is 11.6 Å². The van der Waals surface area contributed by atoms with Gasteiger partial charge in [-0.1, -0.05) is 11.6 Å². The third-order valence-electron chi connectivity index (χ3n) is 7.71. The molecule has 2 aliphatic heterocycles. The number of halogens is 1. The molecular formula is C26H27ClN10O2. The Balaban J connectivity index is 1.24. The van der Waals surface area contributed by atoms with Crippen LogP contribution in [-0.4, -0.2) is 73.8 Å². The summed E-state index contributed by atoms with van der Waals surface area (Å²) in [5, 5.41) is 40.2. The highest BCUT2D eigenvalue weighted by atomic mass is 35.5. The quantitative estimate of drug-likeness (QED) is 0.419. The van der Waals surface area contributed by atoms with Crippen molar-refractivity contribution in [1.82, 2.24) is 24.5 Å². The number of rotatable bonds is 6. The lowest BCUT2D eigenvalue weighted by molar-refractivity contribution is -0.153. The van der Waals surface area contributed by atoms with Gasteiger partial charge >= 0.3 is 0 Å². The number of hydrogen-bond acceptors (Lipinski definition) is 10. The number of nitrogens with one attached hydrogen (secondary N) is 2. The fraction of sp³-hybridized carbons (Fsp3) is 0.462. The first-order chi connectivity index (χ1) is 18.8. The normalized spacial score (nSPS) is 18.8. The maximum absolute atomic E-state index is 12.1. The molecule has 1 aromatic carbocycles. The Labute approximate surface area is 229 Å². The van der Waals surface area contributed by atoms with E-state index in [4.69, 9.17) is 11.6 Å². The number of anilines is 4. The van der Waals surface area contributed by atoms with Crippen LogP contribution in [0.2, 0.25) is 5.02 Å². The number of aliphatic hydroxyl groups is 1. The van der Waals surface area contributed by atoms with Crippen molar-refractivity contribution in [1.29, 1.82) is 10.5 Å². The van der Waals surface area contributed by atoms with E-state index in [0.717, 1.165) is 44.5 Å². The third kappa shape index (κ3) is 4.67. The molecule has 1 unspecified atom stereocenters. The molecule has 200 valence electrons. The number of benzene rings is 1. The Hall–Kier alpha value is -4.13. The lowest BCUT2D eigenvalue weighted by Crippen LogP contribution is -2.63. The van der Waals surface area contributed by atoms with Gasteiger partial charge in [0.05, 0.1) is 34.2 Å². The molecule has 6 rings (SSSR count). The second kappa shape index (κ2) is 9.56. The summed E-state index contributed by atoms with van der Waals surface area (Å²) in [4.78, 5) is 24.9. The van der Waals surface area contributed by atoms with Crippen molar-refractivity contribution in [3.8, 4) is 12.1 Å². The first kappa shape index (κ1) is 25.2. The lowest BCUT2D eigenvalue weighted by Gasteiger charge is -2.54. The van der Waals surface area contributed by atoms with Gasteiger partial charge in [-0.25, -0.2) is 4.98 Å². The highest BCUT2D eigenvalue weighted by Crippen LogP contribution is 2.44. The summed E-state index contributed by atoms with van der Waals surface area (Å²) in [6.45, 7) is 4.25. The van der Waals surface area contributed by atoms with E-state index >= 15 is 0 Å². The molecule has 1 aliphatic carbocycles. The molecule has 1 amide bonds. The summed E-state index contributed by atoms with van der Waals surface area (Å²) in [5.41, 5.74) is 2.46. The van der Waals surface area contributed by atoms with Gasteiger partial charge in [0.2, 0.25) is 5.95 Å². The first-order valence-electron chi connectivity index (χ1n) is 12.9. The highest BCUT2D eigenvalue weighted by Gasteiger charge is 2.47. The number of carbonyl (C=O) groups excluding carboxylic acids is 1. The van der Waals surface area contributed by atoms with Crippen LogP contribution in [0.4, 0.5) is 23.1 Å². The number of hydrogen-bond donors (Lipinski definition) is 3. The number of amides is 1.